The van der Waals surface area contributed by atoms with Crippen molar-refractivity contribution in [2.45, 2.75) is 32.8 Å². The van der Waals surface area contributed by atoms with Crippen LogP contribution in [0, 0.1) is 11.3 Å². The maximum atomic E-state index is 13.3. The molecule has 0 saturated heterocycles. The van der Waals surface area contributed by atoms with E-state index >= 15 is 0 Å². The third-order valence-corrected chi connectivity index (χ3v) is 6.43. The Balaban J connectivity index is 1.94. The summed E-state index contributed by atoms with van der Waals surface area (Å²) in [4.78, 5) is 25.3. The molecule has 34 heavy (non-hydrogen) atoms. The van der Waals surface area contributed by atoms with Gasteiger partial charge >= 0.3 is 11.9 Å². The first-order valence-electron chi connectivity index (χ1n) is 10.8. The SMILES string of the molecule is CCCOC(=O)CSC1=C(C#N)[C@@H](c2ccccc2Cl)C(C(=O)OCc2ccccc2)=C(C)N1. The Morgan fingerprint density at radius 2 is 1.82 bits per heavy atom. The number of hydrogen-bond donors (Lipinski definition) is 1. The third kappa shape index (κ3) is 6.22. The van der Waals surface area contributed by atoms with E-state index in [0.717, 1.165) is 23.7 Å². The lowest BCUT2D eigenvalue weighted by Crippen LogP contribution is -2.29. The Hall–Kier alpha value is -3.21. The van der Waals surface area contributed by atoms with Crippen molar-refractivity contribution in [2.75, 3.05) is 12.4 Å². The number of esters is 2. The van der Waals surface area contributed by atoms with Crippen molar-refractivity contribution >= 4 is 35.3 Å². The summed E-state index contributed by atoms with van der Waals surface area (Å²) in [6, 6.07) is 18.7. The van der Waals surface area contributed by atoms with Crippen LogP contribution >= 0.6 is 23.4 Å². The molecule has 1 heterocycles. The predicted molar refractivity (Wildman–Crippen MR) is 133 cm³/mol. The van der Waals surface area contributed by atoms with Gasteiger partial charge in [0, 0.05) is 10.7 Å². The summed E-state index contributed by atoms with van der Waals surface area (Å²) in [6.07, 6.45) is 0.728. The predicted octanol–water partition coefficient (Wildman–Crippen LogP) is 5.47. The molecule has 8 heteroatoms. The summed E-state index contributed by atoms with van der Waals surface area (Å²) < 4.78 is 10.7. The van der Waals surface area contributed by atoms with Crippen LogP contribution in [0.2, 0.25) is 5.02 Å². The first-order chi connectivity index (χ1) is 16.5. The number of halogens is 1. The highest BCUT2D eigenvalue weighted by Crippen LogP contribution is 2.43. The van der Waals surface area contributed by atoms with Gasteiger partial charge < -0.3 is 14.8 Å². The molecule has 6 nitrogen and oxygen atoms in total. The average molecular weight is 497 g/mol. The zero-order valence-corrected chi connectivity index (χ0v) is 20.5. The molecule has 2 aromatic carbocycles. The molecule has 1 N–H and O–H groups in total. The molecule has 1 aliphatic rings. The molecule has 0 fully saturated rings. The van der Waals surface area contributed by atoms with Crippen molar-refractivity contribution in [1.29, 1.82) is 5.26 Å². The normalized spacial score (nSPS) is 15.4. The van der Waals surface area contributed by atoms with Crippen LogP contribution < -0.4 is 5.32 Å². The highest BCUT2D eigenvalue weighted by Gasteiger charge is 2.36. The van der Waals surface area contributed by atoms with Gasteiger partial charge in [-0.15, -0.1) is 0 Å². The van der Waals surface area contributed by atoms with E-state index in [1.807, 2.05) is 37.3 Å². The number of allylic oxidation sites excluding steroid dienone is 2. The second kappa shape index (κ2) is 12.3. The molecular weight excluding hydrogens is 472 g/mol. The lowest BCUT2D eigenvalue weighted by molar-refractivity contribution is -0.141. The van der Waals surface area contributed by atoms with Gasteiger partial charge in [0.25, 0.3) is 0 Å². The molecule has 0 bridgehead atoms. The van der Waals surface area contributed by atoms with Crippen LogP contribution in [0.3, 0.4) is 0 Å². The number of nitrogens with zero attached hydrogens (tertiary/aromatic N) is 1. The fourth-order valence-electron chi connectivity index (χ4n) is 3.51. The van der Waals surface area contributed by atoms with E-state index in [-0.39, 0.29) is 18.3 Å². The summed E-state index contributed by atoms with van der Waals surface area (Å²) in [5.74, 6) is -1.62. The molecule has 3 rings (SSSR count). The Bertz CT molecular complexity index is 1150. The second-order valence-electron chi connectivity index (χ2n) is 7.54. The Morgan fingerprint density at radius 3 is 2.50 bits per heavy atom. The van der Waals surface area contributed by atoms with Gasteiger partial charge in [-0.25, -0.2) is 4.79 Å². The Labute approximate surface area is 208 Å². The number of carbonyl (C=O) groups is 2. The zero-order valence-electron chi connectivity index (χ0n) is 19.0. The van der Waals surface area contributed by atoms with Crippen molar-refractivity contribution in [3.63, 3.8) is 0 Å². The van der Waals surface area contributed by atoms with Crippen molar-refractivity contribution < 1.29 is 19.1 Å². The van der Waals surface area contributed by atoms with Crippen LogP contribution in [0.1, 0.15) is 37.3 Å². The van der Waals surface area contributed by atoms with Crippen molar-refractivity contribution in [3.05, 3.63) is 92.6 Å². The number of thioether (sulfide) groups is 1. The van der Waals surface area contributed by atoms with E-state index < -0.39 is 11.9 Å². The van der Waals surface area contributed by atoms with E-state index in [2.05, 4.69) is 11.4 Å². The molecule has 1 atom stereocenters. The zero-order chi connectivity index (χ0) is 24.5. The number of rotatable bonds is 9. The van der Waals surface area contributed by atoms with Crippen molar-refractivity contribution in [3.8, 4) is 6.07 Å². The smallest absolute Gasteiger partial charge is 0.337 e. The standard InChI is InChI=1S/C26H25ClN2O4S/c1-3-13-32-22(30)16-34-25-20(14-28)24(19-11-7-8-12-21(19)27)23(17(2)29-25)26(31)33-15-18-9-5-4-6-10-18/h4-12,24,29H,3,13,15-16H2,1-2H3/t24-/m1/s1. The molecule has 176 valence electrons. The average Bonchev–Trinajstić information content (AvgIpc) is 2.85. The van der Waals surface area contributed by atoms with E-state index in [1.165, 1.54) is 0 Å². The first-order valence-corrected chi connectivity index (χ1v) is 12.2. The highest BCUT2D eigenvalue weighted by atomic mass is 35.5. The number of nitriles is 1. The van der Waals surface area contributed by atoms with Gasteiger partial charge in [-0.1, -0.05) is 78.8 Å². The van der Waals surface area contributed by atoms with Crippen LogP contribution in [-0.4, -0.2) is 24.3 Å². The van der Waals surface area contributed by atoms with E-state index in [1.54, 1.807) is 31.2 Å². The van der Waals surface area contributed by atoms with Gasteiger partial charge in [0.1, 0.15) is 6.61 Å². The molecule has 0 spiro atoms. The molecule has 0 amide bonds. The minimum absolute atomic E-state index is 0.0316. The molecule has 0 aliphatic carbocycles. The van der Waals surface area contributed by atoms with Crippen LogP contribution in [0.4, 0.5) is 0 Å². The highest BCUT2D eigenvalue weighted by molar-refractivity contribution is 8.03. The first kappa shape index (κ1) is 25.4. The van der Waals surface area contributed by atoms with E-state index in [0.29, 0.717) is 39.1 Å². The van der Waals surface area contributed by atoms with Crippen LogP contribution in [-0.2, 0) is 25.7 Å². The van der Waals surface area contributed by atoms with Crippen LogP contribution in [0.25, 0.3) is 0 Å². The number of nitrogens with one attached hydrogen (secondary N) is 1. The fraction of sp³-hybridized carbons (Fsp3) is 0.269. The lowest BCUT2D eigenvalue weighted by atomic mass is 9.82. The number of dihydropyridines is 1. The lowest BCUT2D eigenvalue weighted by Gasteiger charge is -2.29. The van der Waals surface area contributed by atoms with Gasteiger partial charge in [-0.05, 0) is 30.5 Å². The summed E-state index contributed by atoms with van der Waals surface area (Å²) >= 11 is 7.66. The third-order valence-electron chi connectivity index (χ3n) is 5.10. The fourth-order valence-corrected chi connectivity index (χ4v) is 4.64. The molecule has 0 saturated carbocycles. The Morgan fingerprint density at radius 1 is 1.12 bits per heavy atom. The maximum Gasteiger partial charge on any atom is 0.337 e. The maximum absolute atomic E-state index is 13.3. The monoisotopic (exact) mass is 496 g/mol. The summed E-state index contributed by atoms with van der Waals surface area (Å²) in [5.41, 5.74) is 2.59. The Kier molecular flexibility index (Phi) is 9.20. The topological polar surface area (TPSA) is 88.4 Å². The minimum Gasteiger partial charge on any atom is -0.465 e. The largest absolute Gasteiger partial charge is 0.465 e. The van der Waals surface area contributed by atoms with Crippen LogP contribution in [0.15, 0.2) is 76.5 Å². The second-order valence-corrected chi connectivity index (χ2v) is 8.94. The van der Waals surface area contributed by atoms with Crippen molar-refractivity contribution in [2.24, 2.45) is 0 Å². The van der Waals surface area contributed by atoms with Gasteiger partial charge in [0.2, 0.25) is 0 Å². The molecule has 2 aromatic rings. The summed E-state index contributed by atoms with van der Waals surface area (Å²) in [7, 11) is 0. The number of hydrogen-bond acceptors (Lipinski definition) is 7. The van der Waals surface area contributed by atoms with Gasteiger partial charge in [0.15, 0.2) is 0 Å². The molecular formula is C26H25ClN2O4S. The molecule has 0 radical (unpaired) electrons. The quantitative estimate of drug-likeness (QED) is 0.461. The van der Waals surface area contributed by atoms with E-state index in [9.17, 15) is 14.9 Å². The molecule has 0 unspecified atom stereocenters. The number of carbonyl (C=O) groups excluding carboxylic acids is 2. The van der Waals surface area contributed by atoms with Gasteiger partial charge in [-0.2, -0.15) is 5.26 Å². The minimum atomic E-state index is -0.739. The number of benzene rings is 2. The van der Waals surface area contributed by atoms with Crippen molar-refractivity contribution in [1.82, 2.24) is 5.32 Å². The summed E-state index contributed by atoms with van der Waals surface area (Å²) in [6.45, 7) is 4.10. The summed E-state index contributed by atoms with van der Waals surface area (Å²) in [5, 5.41) is 14.1. The molecule has 0 aromatic heterocycles. The van der Waals surface area contributed by atoms with Gasteiger partial charge in [0.05, 0.1) is 40.5 Å². The van der Waals surface area contributed by atoms with Gasteiger partial charge in [-0.3, -0.25) is 4.79 Å². The van der Waals surface area contributed by atoms with E-state index in [4.69, 9.17) is 21.1 Å². The number of ether oxygens (including phenoxy) is 2. The molecule has 1 aliphatic heterocycles. The van der Waals surface area contributed by atoms with Crippen LogP contribution in [0.5, 0.6) is 0 Å².